The molecule has 0 aliphatic heterocycles. The molecule has 36 heavy (non-hydrogen) atoms. The van der Waals surface area contributed by atoms with Crippen molar-refractivity contribution in [2.24, 2.45) is 0 Å². The average Bonchev–Trinajstić information content (AvgIpc) is 2.91. The van der Waals surface area contributed by atoms with E-state index in [9.17, 15) is 10.1 Å². The smallest absolute Gasteiger partial charge is 0.336 e. The van der Waals surface area contributed by atoms with Gasteiger partial charge in [-0.3, -0.25) is 0 Å². The Kier molecular flexibility index (Phi) is 8.32. The fraction of sp³-hybridized carbons (Fsp3) is 0.0323. The number of carbonyl (C=O) groups excluding carboxylic acids is 1. The molecule has 4 nitrogen and oxygen atoms in total. The number of rotatable bonds is 8. The Balaban J connectivity index is 1.36. The topological polar surface area (TPSA) is 59.3 Å². The monoisotopic (exact) mass is 491 g/mol. The van der Waals surface area contributed by atoms with Crippen LogP contribution in [0.25, 0.3) is 17.7 Å². The molecule has 4 rings (SSSR count). The lowest BCUT2D eigenvalue weighted by Gasteiger charge is -2.06. The van der Waals surface area contributed by atoms with Crippen molar-refractivity contribution in [1.82, 2.24) is 0 Å². The molecule has 4 aromatic carbocycles. The standard InChI is InChI=1S/C31H22ClNO3/c32-28-10-5-9-26(20-28)27(21-33)18-25-8-4-11-30(19-25)36-31(34)17-14-23-12-15-29(16-13-23)35-22-24-6-2-1-3-7-24/h1-20H,22H2/b17-14+,27-18-. The van der Waals surface area contributed by atoms with Gasteiger partial charge in [0.2, 0.25) is 0 Å². The van der Waals surface area contributed by atoms with Crippen molar-refractivity contribution in [3.05, 3.63) is 136 Å². The summed E-state index contributed by atoms with van der Waals surface area (Å²) in [6.45, 7) is 0.492. The van der Waals surface area contributed by atoms with E-state index in [2.05, 4.69) is 6.07 Å². The summed E-state index contributed by atoms with van der Waals surface area (Å²) in [5.41, 5.74) is 3.84. The molecule has 0 spiro atoms. The number of hydrogen-bond donors (Lipinski definition) is 0. The van der Waals surface area contributed by atoms with Crippen molar-refractivity contribution in [1.29, 1.82) is 5.26 Å². The Morgan fingerprint density at radius 1 is 0.833 bits per heavy atom. The van der Waals surface area contributed by atoms with Crippen LogP contribution in [0, 0.1) is 11.3 Å². The minimum absolute atomic E-state index is 0.381. The summed E-state index contributed by atoms with van der Waals surface area (Å²) in [5.74, 6) is 0.625. The number of carbonyl (C=O) groups is 1. The van der Waals surface area contributed by atoms with E-state index < -0.39 is 5.97 Å². The lowest BCUT2D eigenvalue weighted by atomic mass is 10.0. The molecule has 0 aliphatic rings. The Bertz CT molecular complexity index is 1430. The molecule has 0 bridgehead atoms. The third-order valence-electron chi connectivity index (χ3n) is 5.18. The van der Waals surface area contributed by atoms with Crippen molar-refractivity contribution < 1.29 is 14.3 Å². The van der Waals surface area contributed by atoms with E-state index in [0.29, 0.717) is 28.5 Å². The van der Waals surface area contributed by atoms with Crippen LogP contribution in [0.2, 0.25) is 5.02 Å². The van der Waals surface area contributed by atoms with Crippen molar-refractivity contribution in [3.63, 3.8) is 0 Å². The van der Waals surface area contributed by atoms with Crippen LogP contribution in [0.3, 0.4) is 0 Å². The fourth-order valence-electron chi connectivity index (χ4n) is 3.40. The highest BCUT2D eigenvalue weighted by Gasteiger charge is 2.05. The molecular formula is C31H22ClNO3. The molecule has 0 saturated heterocycles. The van der Waals surface area contributed by atoms with Gasteiger partial charge < -0.3 is 9.47 Å². The predicted molar refractivity (Wildman–Crippen MR) is 143 cm³/mol. The lowest BCUT2D eigenvalue weighted by molar-refractivity contribution is -0.128. The summed E-state index contributed by atoms with van der Waals surface area (Å²) in [7, 11) is 0. The highest BCUT2D eigenvalue weighted by Crippen LogP contribution is 2.23. The average molecular weight is 492 g/mol. The molecule has 0 N–H and O–H groups in total. The van der Waals surface area contributed by atoms with Crippen LogP contribution in [0.5, 0.6) is 11.5 Å². The van der Waals surface area contributed by atoms with Crippen LogP contribution < -0.4 is 9.47 Å². The number of nitriles is 1. The highest BCUT2D eigenvalue weighted by molar-refractivity contribution is 6.30. The maximum absolute atomic E-state index is 12.3. The summed E-state index contributed by atoms with van der Waals surface area (Å²) in [4.78, 5) is 12.3. The van der Waals surface area contributed by atoms with Crippen molar-refractivity contribution in [3.8, 4) is 17.6 Å². The highest BCUT2D eigenvalue weighted by atomic mass is 35.5. The van der Waals surface area contributed by atoms with Crippen LogP contribution >= 0.6 is 11.6 Å². The molecule has 0 fully saturated rings. The van der Waals surface area contributed by atoms with Gasteiger partial charge in [0.15, 0.2) is 0 Å². The Morgan fingerprint density at radius 2 is 1.61 bits per heavy atom. The number of nitrogens with zero attached hydrogens (tertiary/aromatic N) is 1. The molecule has 5 heteroatoms. The number of allylic oxidation sites excluding steroid dienone is 1. The van der Waals surface area contributed by atoms with Gasteiger partial charge >= 0.3 is 5.97 Å². The third-order valence-corrected chi connectivity index (χ3v) is 5.42. The maximum Gasteiger partial charge on any atom is 0.336 e. The molecule has 0 amide bonds. The summed E-state index contributed by atoms with van der Waals surface area (Å²) >= 11 is 6.04. The van der Waals surface area contributed by atoms with Gasteiger partial charge in [-0.15, -0.1) is 0 Å². The van der Waals surface area contributed by atoms with Gasteiger partial charge in [-0.1, -0.05) is 78.3 Å². The first-order valence-electron chi connectivity index (χ1n) is 11.2. The molecule has 0 aromatic heterocycles. The molecular weight excluding hydrogens is 470 g/mol. The number of benzene rings is 4. The minimum atomic E-state index is -0.504. The second kappa shape index (κ2) is 12.2. The number of hydrogen-bond acceptors (Lipinski definition) is 4. The van der Waals surface area contributed by atoms with Gasteiger partial charge in [0, 0.05) is 11.1 Å². The molecule has 4 aromatic rings. The molecule has 0 aliphatic carbocycles. The van der Waals surface area contributed by atoms with Gasteiger partial charge in [0.05, 0.1) is 11.6 Å². The Morgan fingerprint density at radius 3 is 2.36 bits per heavy atom. The number of ether oxygens (including phenoxy) is 2. The Hall–Kier alpha value is -4.59. The quantitative estimate of drug-likeness (QED) is 0.0836. The summed E-state index contributed by atoms with van der Waals surface area (Å²) in [5, 5.41) is 10.1. The van der Waals surface area contributed by atoms with Crippen LogP contribution in [-0.2, 0) is 11.4 Å². The van der Waals surface area contributed by atoms with Crippen LogP contribution in [0.4, 0.5) is 0 Å². The second-order valence-corrected chi connectivity index (χ2v) is 8.29. The first-order valence-corrected chi connectivity index (χ1v) is 11.6. The predicted octanol–water partition coefficient (Wildman–Crippen LogP) is 7.60. The van der Waals surface area contributed by atoms with Gasteiger partial charge in [-0.25, -0.2) is 4.79 Å². The lowest BCUT2D eigenvalue weighted by Crippen LogP contribution is -2.03. The van der Waals surface area contributed by atoms with Gasteiger partial charge in [0.1, 0.15) is 18.1 Å². The first-order chi connectivity index (χ1) is 17.6. The summed E-state index contributed by atoms with van der Waals surface area (Å²) < 4.78 is 11.2. The van der Waals surface area contributed by atoms with Crippen LogP contribution in [0.1, 0.15) is 22.3 Å². The Labute approximate surface area is 215 Å². The van der Waals surface area contributed by atoms with Gasteiger partial charge in [-0.2, -0.15) is 5.26 Å². The summed E-state index contributed by atoms with van der Waals surface area (Å²) in [6.07, 6.45) is 4.77. The zero-order valence-electron chi connectivity index (χ0n) is 19.3. The molecule has 0 heterocycles. The van der Waals surface area contributed by atoms with E-state index in [-0.39, 0.29) is 0 Å². The third kappa shape index (κ3) is 7.20. The molecule has 0 saturated carbocycles. The van der Waals surface area contributed by atoms with Crippen LogP contribution in [0.15, 0.2) is 109 Å². The second-order valence-electron chi connectivity index (χ2n) is 7.85. The van der Waals surface area contributed by atoms with E-state index in [4.69, 9.17) is 21.1 Å². The zero-order chi connectivity index (χ0) is 25.2. The van der Waals surface area contributed by atoms with Crippen LogP contribution in [-0.4, -0.2) is 5.97 Å². The largest absolute Gasteiger partial charge is 0.489 e. The normalized spacial score (nSPS) is 11.2. The maximum atomic E-state index is 12.3. The molecule has 0 unspecified atom stereocenters. The minimum Gasteiger partial charge on any atom is -0.489 e. The van der Waals surface area contributed by atoms with E-state index >= 15 is 0 Å². The van der Waals surface area contributed by atoms with E-state index in [1.807, 2.05) is 66.7 Å². The van der Waals surface area contributed by atoms with Gasteiger partial charge in [0.25, 0.3) is 0 Å². The van der Waals surface area contributed by atoms with E-state index in [1.54, 1.807) is 48.6 Å². The van der Waals surface area contributed by atoms with Gasteiger partial charge in [-0.05, 0) is 70.8 Å². The molecule has 0 atom stereocenters. The number of esters is 1. The summed E-state index contributed by atoms with van der Waals surface area (Å²) in [6, 6.07) is 33.7. The van der Waals surface area contributed by atoms with E-state index in [0.717, 1.165) is 22.4 Å². The molecule has 0 radical (unpaired) electrons. The van der Waals surface area contributed by atoms with Crippen molar-refractivity contribution in [2.45, 2.75) is 6.61 Å². The fourth-order valence-corrected chi connectivity index (χ4v) is 3.59. The first kappa shape index (κ1) is 24.5. The van der Waals surface area contributed by atoms with Crippen molar-refractivity contribution >= 4 is 35.3 Å². The van der Waals surface area contributed by atoms with Crippen molar-refractivity contribution in [2.75, 3.05) is 0 Å². The van der Waals surface area contributed by atoms with E-state index in [1.165, 1.54) is 6.08 Å². The zero-order valence-corrected chi connectivity index (χ0v) is 20.1. The molecule has 176 valence electrons. The number of halogens is 1. The SMILES string of the molecule is N#C/C(=C/c1cccc(OC(=O)/C=C/c2ccc(OCc3ccccc3)cc2)c1)c1cccc(Cl)c1.